The summed E-state index contributed by atoms with van der Waals surface area (Å²) in [6, 6.07) is 21.2. The number of anilines is 1. The zero-order chi connectivity index (χ0) is 21.5. The maximum atomic E-state index is 13.3. The first kappa shape index (κ1) is 19.6. The van der Waals surface area contributed by atoms with E-state index in [2.05, 4.69) is 23.5 Å². The highest BCUT2D eigenvalue weighted by molar-refractivity contribution is 8.13. The third-order valence-electron chi connectivity index (χ3n) is 5.80. The summed E-state index contributed by atoms with van der Waals surface area (Å²) >= 11 is 1.38. The van der Waals surface area contributed by atoms with Crippen molar-refractivity contribution in [1.82, 2.24) is 10.3 Å². The molecule has 0 radical (unpaired) electrons. The predicted molar refractivity (Wildman–Crippen MR) is 125 cm³/mol. The molecule has 3 aromatic carbocycles. The second-order valence-corrected chi connectivity index (χ2v) is 8.29. The Kier molecular flexibility index (Phi) is 4.90. The summed E-state index contributed by atoms with van der Waals surface area (Å²) in [6.07, 6.45) is 1.69. The van der Waals surface area contributed by atoms with Gasteiger partial charge >= 0.3 is 0 Å². The molecule has 0 bridgehead atoms. The van der Waals surface area contributed by atoms with Gasteiger partial charge in [0.15, 0.2) is 17.4 Å². The summed E-state index contributed by atoms with van der Waals surface area (Å²) in [4.78, 5) is 28.3. The third-order valence-corrected chi connectivity index (χ3v) is 6.37. The Balaban J connectivity index is 1.83. The van der Waals surface area contributed by atoms with E-state index in [-0.39, 0.29) is 11.8 Å². The van der Waals surface area contributed by atoms with Crippen LogP contribution in [0.5, 0.6) is 0 Å². The molecule has 7 heteroatoms. The molecule has 0 spiro atoms. The average molecular weight is 431 g/mol. The number of fused-ring (bicyclic) bond motifs is 4. The van der Waals surface area contributed by atoms with Crippen LogP contribution in [0.25, 0.3) is 10.8 Å². The zero-order valence-electron chi connectivity index (χ0n) is 17.3. The molecule has 0 aromatic heterocycles. The molecule has 2 aliphatic heterocycles. The molecule has 2 heterocycles. The van der Waals surface area contributed by atoms with Gasteiger partial charge in [0, 0.05) is 17.5 Å². The SMILES string of the molecule is CCC(=O)N1c2ccccc2[C@@H]2C(=O)NC(SC)=NN2[C@H]1c1cccc2ccccc12. The zero-order valence-corrected chi connectivity index (χ0v) is 18.1. The topological polar surface area (TPSA) is 65.0 Å². The average Bonchev–Trinajstić information content (AvgIpc) is 2.82. The number of carbonyl (C=O) groups is 2. The predicted octanol–water partition coefficient (Wildman–Crippen LogP) is 4.40. The molecule has 6 nitrogen and oxygen atoms in total. The number of hydrazone groups is 1. The molecule has 0 saturated heterocycles. The molecule has 5 rings (SSSR count). The number of nitrogens with one attached hydrogen (secondary N) is 1. The van der Waals surface area contributed by atoms with Crippen molar-refractivity contribution >= 4 is 45.2 Å². The standard InChI is InChI=1S/C24H22N4O2S/c1-3-20(29)27-19-14-7-6-12-18(19)21-22(30)25-24(31-2)26-28(21)23(27)17-13-8-10-15-9-4-5-11-16(15)17/h4-14,21,23H,3H2,1-2H3,(H,25,26,30)/t21-,23+/m1/s1. The number of amides is 2. The van der Waals surface area contributed by atoms with E-state index in [1.54, 1.807) is 9.91 Å². The first-order valence-corrected chi connectivity index (χ1v) is 11.5. The Morgan fingerprint density at radius 1 is 1.03 bits per heavy atom. The van der Waals surface area contributed by atoms with Crippen LogP contribution in [-0.2, 0) is 9.59 Å². The fraction of sp³-hybridized carbons (Fsp3) is 0.208. The minimum atomic E-state index is -0.614. The van der Waals surface area contributed by atoms with E-state index in [0.29, 0.717) is 11.6 Å². The molecule has 1 N–H and O–H groups in total. The highest BCUT2D eigenvalue weighted by Gasteiger charge is 2.47. The molecule has 0 saturated carbocycles. The highest BCUT2D eigenvalue weighted by Crippen LogP contribution is 2.47. The Morgan fingerprint density at radius 2 is 1.74 bits per heavy atom. The minimum Gasteiger partial charge on any atom is -0.302 e. The maximum Gasteiger partial charge on any atom is 0.255 e. The second-order valence-electron chi connectivity index (χ2n) is 7.50. The van der Waals surface area contributed by atoms with Crippen molar-refractivity contribution in [3.63, 3.8) is 0 Å². The number of thioether (sulfide) groups is 1. The third kappa shape index (κ3) is 3.08. The number of benzene rings is 3. The summed E-state index contributed by atoms with van der Waals surface area (Å²) < 4.78 is 0. The molecule has 0 aliphatic carbocycles. The monoisotopic (exact) mass is 430 g/mol. The smallest absolute Gasteiger partial charge is 0.255 e. The van der Waals surface area contributed by atoms with Gasteiger partial charge in [-0.1, -0.05) is 79.3 Å². The van der Waals surface area contributed by atoms with Gasteiger partial charge in [0.05, 0.1) is 5.69 Å². The molecule has 156 valence electrons. The van der Waals surface area contributed by atoms with Crippen LogP contribution in [-0.4, -0.2) is 28.2 Å². The van der Waals surface area contributed by atoms with Gasteiger partial charge < -0.3 is 5.32 Å². The fourth-order valence-electron chi connectivity index (χ4n) is 4.44. The van der Waals surface area contributed by atoms with Crippen LogP contribution in [0, 0.1) is 0 Å². The molecule has 2 atom stereocenters. The molecule has 2 amide bonds. The summed E-state index contributed by atoms with van der Waals surface area (Å²) in [7, 11) is 0. The number of nitrogens with zero attached hydrogens (tertiary/aromatic N) is 3. The summed E-state index contributed by atoms with van der Waals surface area (Å²) in [6.45, 7) is 1.86. The van der Waals surface area contributed by atoms with E-state index in [1.165, 1.54) is 11.8 Å². The van der Waals surface area contributed by atoms with Crippen LogP contribution < -0.4 is 10.2 Å². The largest absolute Gasteiger partial charge is 0.302 e. The summed E-state index contributed by atoms with van der Waals surface area (Å²) in [5.74, 6) is -0.156. The van der Waals surface area contributed by atoms with E-state index >= 15 is 0 Å². The molecule has 3 aromatic rings. The maximum absolute atomic E-state index is 13.3. The van der Waals surface area contributed by atoms with Gasteiger partial charge in [-0.3, -0.25) is 19.5 Å². The summed E-state index contributed by atoms with van der Waals surface area (Å²) in [5, 5.41) is 12.1. The van der Waals surface area contributed by atoms with Crippen molar-refractivity contribution in [1.29, 1.82) is 0 Å². The van der Waals surface area contributed by atoms with Crippen molar-refractivity contribution in [2.45, 2.75) is 25.6 Å². The van der Waals surface area contributed by atoms with Crippen LogP contribution in [0.3, 0.4) is 0 Å². The van der Waals surface area contributed by atoms with Crippen LogP contribution in [0.2, 0.25) is 0 Å². The van der Waals surface area contributed by atoms with Gasteiger partial charge in [-0.05, 0) is 23.1 Å². The van der Waals surface area contributed by atoms with Gasteiger partial charge in [-0.15, -0.1) is 5.10 Å². The van der Waals surface area contributed by atoms with Crippen LogP contribution >= 0.6 is 11.8 Å². The Bertz CT molecular complexity index is 1220. The van der Waals surface area contributed by atoms with Crippen molar-refractivity contribution in [3.05, 3.63) is 77.9 Å². The fourth-order valence-corrected chi connectivity index (χ4v) is 4.82. The molecule has 0 unspecified atom stereocenters. The van der Waals surface area contributed by atoms with E-state index in [0.717, 1.165) is 27.6 Å². The first-order valence-electron chi connectivity index (χ1n) is 10.2. The minimum absolute atomic E-state index is 0.0179. The lowest BCUT2D eigenvalue weighted by Crippen LogP contribution is -2.55. The van der Waals surface area contributed by atoms with Crippen molar-refractivity contribution in [2.75, 3.05) is 11.2 Å². The quantitative estimate of drug-likeness (QED) is 0.654. The number of hydrogen-bond donors (Lipinski definition) is 1. The Labute approximate surface area is 184 Å². The van der Waals surface area contributed by atoms with Gasteiger partial charge in [0.25, 0.3) is 5.91 Å². The van der Waals surface area contributed by atoms with Crippen molar-refractivity contribution < 1.29 is 9.59 Å². The Hall–Kier alpha value is -3.32. The number of carbonyl (C=O) groups excluding carboxylic acids is 2. The first-order chi connectivity index (χ1) is 15.1. The highest BCUT2D eigenvalue weighted by atomic mass is 32.2. The van der Waals surface area contributed by atoms with E-state index in [9.17, 15) is 9.59 Å². The lowest BCUT2D eigenvalue weighted by Gasteiger charge is -2.48. The van der Waals surface area contributed by atoms with Crippen molar-refractivity contribution in [3.8, 4) is 0 Å². The van der Waals surface area contributed by atoms with Crippen LogP contribution in [0.15, 0.2) is 71.8 Å². The van der Waals surface area contributed by atoms with E-state index in [1.807, 2.05) is 61.7 Å². The van der Waals surface area contributed by atoms with Gasteiger partial charge in [0.2, 0.25) is 5.91 Å². The molecule has 31 heavy (non-hydrogen) atoms. The molecular formula is C24H22N4O2S. The Morgan fingerprint density at radius 3 is 2.55 bits per heavy atom. The van der Waals surface area contributed by atoms with Crippen LogP contribution in [0.1, 0.15) is 36.7 Å². The summed E-state index contributed by atoms with van der Waals surface area (Å²) in [5.41, 5.74) is 2.48. The van der Waals surface area contributed by atoms with Gasteiger partial charge in [-0.2, -0.15) is 0 Å². The van der Waals surface area contributed by atoms with E-state index < -0.39 is 12.2 Å². The number of amidine groups is 1. The number of para-hydroxylation sites is 1. The molecule has 2 aliphatic rings. The molecule has 0 fully saturated rings. The lowest BCUT2D eigenvalue weighted by atomic mass is 9.93. The lowest BCUT2D eigenvalue weighted by molar-refractivity contribution is -0.130. The second kappa shape index (κ2) is 7.74. The van der Waals surface area contributed by atoms with Crippen molar-refractivity contribution in [2.24, 2.45) is 5.10 Å². The van der Waals surface area contributed by atoms with Gasteiger partial charge in [-0.25, -0.2) is 0 Å². The van der Waals surface area contributed by atoms with Gasteiger partial charge in [0.1, 0.15) is 0 Å². The number of rotatable bonds is 2. The van der Waals surface area contributed by atoms with Crippen LogP contribution in [0.4, 0.5) is 5.69 Å². The normalized spacial score (nSPS) is 20.1. The van der Waals surface area contributed by atoms with E-state index in [4.69, 9.17) is 5.10 Å². The molecular weight excluding hydrogens is 408 g/mol. The number of hydrogen-bond acceptors (Lipinski definition) is 5.